The van der Waals surface area contributed by atoms with Gasteiger partial charge < -0.3 is 10.6 Å². The zero-order valence-corrected chi connectivity index (χ0v) is 13.2. The van der Waals surface area contributed by atoms with E-state index in [4.69, 9.17) is 5.73 Å². The molecule has 0 saturated carbocycles. The fraction of sp³-hybridized carbons (Fsp3) is 0.611. The number of fused-ring (bicyclic) bond motifs is 2. The van der Waals surface area contributed by atoms with Crippen molar-refractivity contribution in [2.75, 3.05) is 13.1 Å². The highest BCUT2D eigenvalue weighted by Crippen LogP contribution is 2.46. The van der Waals surface area contributed by atoms with Crippen LogP contribution in [0.2, 0.25) is 0 Å². The van der Waals surface area contributed by atoms with Crippen LogP contribution in [0.3, 0.4) is 0 Å². The first-order valence-electron chi connectivity index (χ1n) is 8.17. The lowest BCUT2D eigenvalue weighted by Gasteiger charge is -2.41. The Morgan fingerprint density at radius 3 is 2.62 bits per heavy atom. The van der Waals surface area contributed by atoms with E-state index in [2.05, 4.69) is 23.1 Å². The van der Waals surface area contributed by atoms with Crippen LogP contribution in [-0.2, 0) is 23.2 Å². The Hall–Kier alpha value is -1.35. The molecule has 114 valence electrons. The van der Waals surface area contributed by atoms with Crippen LogP contribution in [0.1, 0.15) is 49.8 Å². The molecule has 0 atom stereocenters. The van der Waals surface area contributed by atoms with Crippen molar-refractivity contribution in [1.29, 1.82) is 0 Å². The van der Waals surface area contributed by atoms with Crippen molar-refractivity contribution in [3.63, 3.8) is 0 Å². The third kappa shape index (κ3) is 2.48. The first kappa shape index (κ1) is 14.6. The summed E-state index contributed by atoms with van der Waals surface area (Å²) in [6, 6.07) is 6.75. The molecule has 0 unspecified atom stereocenters. The predicted octanol–water partition coefficient (Wildman–Crippen LogP) is 2.61. The van der Waals surface area contributed by atoms with Crippen molar-refractivity contribution < 1.29 is 4.79 Å². The maximum atomic E-state index is 12.2. The first-order chi connectivity index (χ1) is 10.1. The third-order valence-electron chi connectivity index (χ3n) is 5.38. The number of nitrogens with two attached hydrogens (primary N) is 1. The number of likely N-dealkylation sites (tertiary alicyclic amines) is 1. The molecule has 0 aromatic heterocycles. The molecule has 1 aliphatic heterocycles. The molecule has 2 aliphatic rings. The molecular formula is C18H26N2O. The Morgan fingerprint density at radius 1 is 1.29 bits per heavy atom. The van der Waals surface area contributed by atoms with Crippen molar-refractivity contribution in [1.82, 2.24) is 4.90 Å². The van der Waals surface area contributed by atoms with Gasteiger partial charge in [-0.3, -0.25) is 4.79 Å². The summed E-state index contributed by atoms with van der Waals surface area (Å²) in [4.78, 5) is 14.2. The predicted molar refractivity (Wildman–Crippen MR) is 85.0 cm³/mol. The summed E-state index contributed by atoms with van der Waals surface area (Å²) >= 11 is 0. The molecule has 1 spiro atoms. The third-order valence-corrected chi connectivity index (χ3v) is 5.38. The van der Waals surface area contributed by atoms with Gasteiger partial charge in [0.2, 0.25) is 5.91 Å². The highest BCUT2D eigenvalue weighted by Gasteiger charge is 2.42. The summed E-state index contributed by atoms with van der Waals surface area (Å²) in [5, 5.41) is 0. The number of rotatable bonds is 2. The van der Waals surface area contributed by atoms with E-state index in [1.165, 1.54) is 29.5 Å². The summed E-state index contributed by atoms with van der Waals surface area (Å²) in [6.45, 7) is 6.41. The van der Waals surface area contributed by atoms with Crippen LogP contribution in [-0.4, -0.2) is 23.9 Å². The van der Waals surface area contributed by atoms with Crippen LogP contribution in [0.15, 0.2) is 18.2 Å². The number of hydrogen-bond donors (Lipinski definition) is 1. The van der Waals surface area contributed by atoms with Crippen molar-refractivity contribution in [2.24, 2.45) is 11.7 Å². The maximum absolute atomic E-state index is 12.2. The number of benzene rings is 1. The van der Waals surface area contributed by atoms with Gasteiger partial charge in [0.15, 0.2) is 0 Å². The van der Waals surface area contributed by atoms with Crippen molar-refractivity contribution in [3.8, 4) is 0 Å². The fourth-order valence-electron chi connectivity index (χ4n) is 4.01. The van der Waals surface area contributed by atoms with E-state index in [0.717, 1.165) is 25.9 Å². The van der Waals surface area contributed by atoms with Crippen LogP contribution >= 0.6 is 0 Å². The largest absolute Gasteiger partial charge is 0.342 e. The second-order valence-corrected chi connectivity index (χ2v) is 6.96. The minimum atomic E-state index is 0.110. The molecule has 1 heterocycles. The molecule has 3 rings (SSSR count). The van der Waals surface area contributed by atoms with Crippen molar-refractivity contribution in [3.05, 3.63) is 34.9 Å². The summed E-state index contributed by atoms with van der Waals surface area (Å²) in [5.41, 5.74) is 10.3. The Labute approximate surface area is 127 Å². The molecule has 3 nitrogen and oxygen atoms in total. The lowest BCUT2D eigenvalue weighted by atomic mass is 9.73. The summed E-state index contributed by atoms with van der Waals surface area (Å²) in [5.74, 6) is 0.414. The topological polar surface area (TPSA) is 46.3 Å². The van der Waals surface area contributed by atoms with Gasteiger partial charge >= 0.3 is 0 Å². The van der Waals surface area contributed by atoms with E-state index in [0.29, 0.717) is 17.9 Å². The van der Waals surface area contributed by atoms with Gasteiger partial charge in [0, 0.05) is 25.6 Å². The van der Waals surface area contributed by atoms with E-state index in [1.807, 2.05) is 13.8 Å². The molecule has 1 saturated heterocycles. The number of carbonyl (C=O) groups is 1. The van der Waals surface area contributed by atoms with Gasteiger partial charge in [0.05, 0.1) is 0 Å². The molecule has 1 aromatic rings. The van der Waals surface area contributed by atoms with E-state index in [9.17, 15) is 4.79 Å². The van der Waals surface area contributed by atoms with Gasteiger partial charge in [-0.2, -0.15) is 0 Å². The zero-order valence-electron chi connectivity index (χ0n) is 13.2. The van der Waals surface area contributed by atoms with E-state index >= 15 is 0 Å². The van der Waals surface area contributed by atoms with Gasteiger partial charge in [-0.25, -0.2) is 0 Å². The molecule has 21 heavy (non-hydrogen) atoms. The number of aryl methyl sites for hydroxylation is 1. The normalized spacial score (nSPS) is 20.1. The fourth-order valence-corrected chi connectivity index (χ4v) is 4.01. The van der Waals surface area contributed by atoms with Crippen LogP contribution in [0, 0.1) is 5.92 Å². The van der Waals surface area contributed by atoms with Gasteiger partial charge in [0.1, 0.15) is 0 Å². The molecule has 1 amide bonds. The van der Waals surface area contributed by atoms with Crippen molar-refractivity contribution >= 4 is 5.91 Å². The minimum absolute atomic E-state index is 0.110. The highest BCUT2D eigenvalue weighted by molar-refractivity contribution is 5.78. The molecule has 1 aromatic carbocycles. The monoisotopic (exact) mass is 286 g/mol. The molecular weight excluding hydrogens is 260 g/mol. The number of amides is 1. The number of hydrogen-bond acceptors (Lipinski definition) is 2. The summed E-state index contributed by atoms with van der Waals surface area (Å²) in [6.07, 6.45) is 4.62. The van der Waals surface area contributed by atoms with Crippen LogP contribution in [0.4, 0.5) is 0 Å². The van der Waals surface area contributed by atoms with E-state index < -0.39 is 0 Å². The molecule has 0 radical (unpaired) electrons. The van der Waals surface area contributed by atoms with Gasteiger partial charge in [-0.15, -0.1) is 0 Å². The molecule has 0 bridgehead atoms. The van der Waals surface area contributed by atoms with Crippen LogP contribution in [0.25, 0.3) is 0 Å². The standard InChI is InChI=1S/C18H26N2O/c1-13(2)17(21)20-9-7-18(8-10-20)6-5-15-4-3-14(12-19)11-16(15)18/h3-4,11,13H,5-10,12,19H2,1-2H3. The van der Waals surface area contributed by atoms with Gasteiger partial charge in [0.25, 0.3) is 0 Å². The quantitative estimate of drug-likeness (QED) is 0.908. The first-order valence-corrected chi connectivity index (χ1v) is 8.17. The lowest BCUT2D eigenvalue weighted by molar-refractivity contribution is -0.136. The lowest BCUT2D eigenvalue weighted by Crippen LogP contribution is -2.45. The number of piperidine rings is 1. The SMILES string of the molecule is CC(C)C(=O)N1CCC2(CCc3ccc(CN)cc32)CC1. The highest BCUT2D eigenvalue weighted by atomic mass is 16.2. The Bertz CT molecular complexity index is 542. The van der Waals surface area contributed by atoms with E-state index in [-0.39, 0.29) is 5.92 Å². The van der Waals surface area contributed by atoms with Crippen LogP contribution < -0.4 is 5.73 Å². The van der Waals surface area contributed by atoms with Crippen LogP contribution in [0.5, 0.6) is 0 Å². The zero-order chi connectivity index (χ0) is 15.0. The smallest absolute Gasteiger partial charge is 0.225 e. The number of carbonyl (C=O) groups excluding carboxylic acids is 1. The summed E-state index contributed by atoms with van der Waals surface area (Å²) < 4.78 is 0. The Morgan fingerprint density at radius 2 is 2.00 bits per heavy atom. The van der Waals surface area contributed by atoms with Gasteiger partial charge in [-0.1, -0.05) is 32.0 Å². The molecule has 1 fully saturated rings. The number of nitrogens with zero attached hydrogens (tertiary/aromatic N) is 1. The summed E-state index contributed by atoms with van der Waals surface area (Å²) in [7, 11) is 0. The Kier molecular flexibility index (Phi) is 3.78. The molecule has 3 heteroatoms. The van der Waals surface area contributed by atoms with E-state index in [1.54, 1.807) is 0 Å². The molecule has 2 N–H and O–H groups in total. The second-order valence-electron chi connectivity index (χ2n) is 6.96. The second kappa shape index (κ2) is 5.45. The maximum Gasteiger partial charge on any atom is 0.225 e. The average Bonchev–Trinajstić information content (AvgIpc) is 2.85. The molecule has 1 aliphatic carbocycles. The Balaban J connectivity index is 1.80. The van der Waals surface area contributed by atoms with Crippen molar-refractivity contribution in [2.45, 2.75) is 51.5 Å². The van der Waals surface area contributed by atoms with Gasteiger partial charge in [-0.05, 0) is 47.8 Å². The average molecular weight is 286 g/mol. The minimum Gasteiger partial charge on any atom is -0.342 e.